The summed E-state index contributed by atoms with van der Waals surface area (Å²) in [4.78, 5) is 12.0. The molecule has 0 aliphatic heterocycles. The van der Waals surface area contributed by atoms with Crippen LogP contribution in [0.2, 0.25) is 0 Å². The average molecular weight is 240 g/mol. The highest BCUT2D eigenvalue weighted by Crippen LogP contribution is 2.35. The molecule has 3 heteroatoms. The van der Waals surface area contributed by atoms with Crippen LogP contribution in [0, 0.1) is 11.3 Å². The Bertz CT molecular complexity index is 241. The molecule has 0 heterocycles. The zero-order chi connectivity index (χ0) is 12.9. The van der Waals surface area contributed by atoms with Crippen molar-refractivity contribution in [1.82, 2.24) is 5.32 Å². The maximum Gasteiger partial charge on any atom is 0.224 e. The molecule has 3 N–H and O–H groups in total. The van der Waals surface area contributed by atoms with Crippen molar-refractivity contribution in [2.45, 2.75) is 65.3 Å². The third-order valence-corrected chi connectivity index (χ3v) is 3.98. The highest BCUT2D eigenvalue weighted by atomic mass is 16.1. The van der Waals surface area contributed by atoms with Gasteiger partial charge >= 0.3 is 0 Å². The molecule has 0 saturated heterocycles. The summed E-state index contributed by atoms with van der Waals surface area (Å²) in [5, 5.41) is 3.17. The second kappa shape index (κ2) is 6.39. The van der Waals surface area contributed by atoms with Crippen molar-refractivity contribution in [2.75, 3.05) is 6.54 Å². The van der Waals surface area contributed by atoms with Crippen LogP contribution in [0.1, 0.15) is 59.3 Å². The van der Waals surface area contributed by atoms with Gasteiger partial charge in [0.05, 0.1) is 5.92 Å². The van der Waals surface area contributed by atoms with E-state index in [2.05, 4.69) is 26.1 Å². The molecule has 1 aliphatic rings. The molecule has 0 spiro atoms. The first kappa shape index (κ1) is 14.5. The first-order valence-corrected chi connectivity index (χ1v) is 6.99. The fourth-order valence-electron chi connectivity index (χ4n) is 2.57. The molecule has 1 aliphatic carbocycles. The number of nitrogens with one attached hydrogen (secondary N) is 1. The van der Waals surface area contributed by atoms with E-state index < -0.39 is 0 Å². The standard InChI is InChI=1S/C14H28N2O/c1-4-5-11(10-15)13(17)16-12-6-8-14(2,3)9-7-12/h11-12H,4-10,15H2,1-3H3,(H,16,17). The van der Waals surface area contributed by atoms with Crippen LogP contribution in [0.15, 0.2) is 0 Å². The van der Waals surface area contributed by atoms with Crippen molar-refractivity contribution in [3.05, 3.63) is 0 Å². The SMILES string of the molecule is CCCC(CN)C(=O)NC1CCC(C)(C)CC1. The Kier molecular flexibility index (Phi) is 5.44. The van der Waals surface area contributed by atoms with E-state index >= 15 is 0 Å². The Morgan fingerprint density at radius 1 is 1.41 bits per heavy atom. The molecule has 1 amide bonds. The van der Waals surface area contributed by atoms with Crippen LogP contribution >= 0.6 is 0 Å². The highest BCUT2D eigenvalue weighted by Gasteiger charge is 2.28. The average Bonchev–Trinajstić information content (AvgIpc) is 2.28. The number of hydrogen-bond acceptors (Lipinski definition) is 2. The van der Waals surface area contributed by atoms with E-state index in [-0.39, 0.29) is 11.8 Å². The van der Waals surface area contributed by atoms with Gasteiger partial charge in [-0.3, -0.25) is 4.79 Å². The molecular weight excluding hydrogens is 212 g/mol. The van der Waals surface area contributed by atoms with Gasteiger partial charge in [-0.2, -0.15) is 0 Å². The van der Waals surface area contributed by atoms with Crippen LogP contribution < -0.4 is 11.1 Å². The zero-order valence-corrected chi connectivity index (χ0v) is 11.6. The van der Waals surface area contributed by atoms with Crippen LogP contribution in [0.25, 0.3) is 0 Å². The van der Waals surface area contributed by atoms with Crippen LogP contribution in [-0.4, -0.2) is 18.5 Å². The minimum Gasteiger partial charge on any atom is -0.353 e. The molecule has 3 nitrogen and oxygen atoms in total. The molecule has 1 rings (SSSR count). The number of carbonyl (C=O) groups excluding carboxylic acids is 1. The molecule has 1 saturated carbocycles. The largest absolute Gasteiger partial charge is 0.353 e. The quantitative estimate of drug-likeness (QED) is 0.775. The van der Waals surface area contributed by atoms with E-state index in [1.54, 1.807) is 0 Å². The van der Waals surface area contributed by atoms with Gasteiger partial charge < -0.3 is 11.1 Å². The number of rotatable bonds is 5. The molecule has 0 radical (unpaired) electrons. The first-order valence-electron chi connectivity index (χ1n) is 6.99. The molecule has 0 bridgehead atoms. The number of carbonyl (C=O) groups is 1. The summed E-state index contributed by atoms with van der Waals surface area (Å²) in [5.74, 6) is 0.175. The van der Waals surface area contributed by atoms with Gasteiger partial charge in [-0.25, -0.2) is 0 Å². The van der Waals surface area contributed by atoms with E-state index in [0.29, 0.717) is 18.0 Å². The fraction of sp³-hybridized carbons (Fsp3) is 0.929. The Morgan fingerprint density at radius 3 is 2.47 bits per heavy atom. The van der Waals surface area contributed by atoms with E-state index in [1.807, 2.05) is 0 Å². The Labute approximate surface area is 106 Å². The Hall–Kier alpha value is -0.570. The minimum absolute atomic E-state index is 0.00920. The summed E-state index contributed by atoms with van der Waals surface area (Å²) in [7, 11) is 0. The van der Waals surface area contributed by atoms with E-state index in [0.717, 1.165) is 25.7 Å². The van der Waals surface area contributed by atoms with Crippen LogP contribution in [-0.2, 0) is 4.79 Å². The smallest absolute Gasteiger partial charge is 0.224 e. The summed E-state index contributed by atoms with van der Waals surface area (Å²) >= 11 is 0. The molecule has 0 aromatic heterocycles. The Balaban J connectivity index is 2.36. The predicted molar refractivity (Wildman–Crippen MR) is 71.6 cm³/mol. The molecule has 1 fully saturated rings. The molecular formula is C14H28N2O. The third kappa shape index (κ3) is 4.66. The van der Waals surface area contributed by atoms with Crippen molar-refractivity contribution in [3.8, 4) is 0 Å². The first-order chi connectivity index (χ1) is 7.98. The second-order valence-electron chi connectivity index (χ2n) is 6.17. The summed E-state index contributed by atoms with van der Waals surface area (Å²) in [6.45, 7) is 7.19. The van der Waals surface area contributed by atoms with Gasteiger partial charge in [-0.05, 0) is 37.5 Å². The van der Waals surface area contributed by atoms with E-state index in [1.165, 1.54) is 12.8 Å². The van der Waals surface area contributed by atoms with Crippen molar-refractivity contribution in [1.29, 1.82) is 0 Å². The normalized spacial score (nSPS) is 22.1. The molecule has 17 heavy (non-hydrogen) atoms. The number of amides is 1. The van der Waals surface area contributed by atoms with Crippen molar-refractivity contribution in [3.63, 3.8) is 0 Å². The highest BCUT2D eigenvalue weighted by molar-refractivity contribution is 5.79. The van der Waals surface area contributed by atoms with Gasteiger partial charge in [0.1, 0.15) is 0 Å². The van der Waals surface area contributed by atoms with E-state index in [9.17, 15) is 4.79 Å². The summed E-state index contributed by atoms with van der Waals surface area (Å²) in [6.07, 6.45) is 6.57. The lowest BCUT2D eigenvalue weighted by Gasteiger charge is -2.35. The van der Waals surface area contributed by atoms with Gasteiger partial charge in [-0.1, -0.05) is 27.2 Å². The third-order valence-electron chi connectivity index (χ3n) is 3.98. The van der Waals surface area contributed by atoms with Crippen LogP contribution in [0.4, 0.5) is 0 Å². The van der Waals surface area contributed by atoms with Gasteiger partial charge in [0, 0.05) is 12.6 Å². The zero-order valence-electron chi connectivity index (χ0n) is 11.6. The van der Waals surface area contributed by atoms with Crippen molar-refractivity contribution in [2.24, 2.45) is 17.1 Å². The summed E-state index contributed by atoms with van der Waals surface area (Å²) in [6, 6.07) is 0.376. The lowest BCUT2D eigenvalue weighted by molar-refractivity contribution is -0.126. The van der Waals surface area contributed by atoms with Crippen LogP contribution in [0.5, 0.6) is 0 Å². The monoisotopic (exact) mass is 240 g/mol. The van der Waals surface area contributed by atoms with Gasteiger partial charge in [0.15, 0.2) is 0 Å². The summed E-state index contributed by atoms with van der Waals surface area (Å²) in [5.41, 5.74) is 6.10. The maximum absolute atomic E-state index is 12.0. The second-order valence-corrected chi connectivity index (χ2v) is 6.17. The Morgan fingerprint density at radius 2 is 2.00 bits per heavy atom. The lowest BCUT2D eigenvalue weighted by Crippen LogP contribution is -2.43. The van der Waals surface area contributed by atoms with Crippen molar-refractivity contribution >= 4 is 5.91 Å². The molecule has 100 valence electrons. The summed E-state index contributed by atoms with van der Waals surface area (Å²) < 4.78 is 0. The number of hydrogen-bond donors (Lipinski definition) is 2. The molecule has 0 aromatic carbocycles. The fourth-order valence-corrected chi connectivity index (χ4v) is 2.57. The van der Waals surface area contributed by atoms with Gasteiger partial charge in [-0.15, -0.1) is 0 Å². The molecule has 1 unspecified atom stereocenters. The van der Waals surface area contributed by atoms with Crippen molar-refractivity contribution < 1.29 is 4.79 Å². The topological polar surface area (TPSA) is 55.1 Å². The predicted octanol–water partition coefficient (Wildman–Crippen LogP) is 2.45. The van der Waals surface area contributed by atoms with E-state index in [4.69, 9.17) is 5.73 Å². The lowest BCUT2D eigenvalue weighted by atomic mass is 9.75. The van der Waals surface area contributed by atoms with Gasteiger partial charge in [0.2, 0.25) is 5.91 Å². The molecule has 0 aromatic rings. The maximum atomic E-state index is 12.0. The molecule has 1 atom stereocenters. The van der Waals surface area contributed by atoms with Crippen LogP contribution in [0.3, 0.4) is 0 Å². The minimum atomic E-state index is 0.00920. The van der Waals surface area contributed by atoms with Gasteiger partial charge in [0.25, 0.3) is 0 Å². The number of nitrogens with two attached hydrogens (primary N) is 1.